The number of aromatic nitrogens is 1. The Kier molecular flexibility index (Phi) is 7.36. The van der Waals surface area contributed by atoms with Crippen LogP contribution in [0, 0.1) is 17.8 Å². The molecule has 2 amide bonds. The monoisotopic (exact) mass is 507 g/mol. The van der Waals surface area contributed by atoms with Crippen molar-refractivity contribution in [3.8, 4) is 5.75 Å². The molecule has 8 nitrogen and oxygen atoms in total. The number of nitrogens with one attached hydrogen (secondary N) is 2. The van der Waals surface area contributed by atoms with E-state index in [-0.39, 0.29) is 41.1 Å². The van der Waals surface area contributed by atoms with Crippen LogP contribution in [-0.4, -0.2) is 59.0 Å². The van der Waals surface area contributed by atoms with E-state index in [1.54, 1.807) is 25.0 Å². The summed E-state index contributed by atoms with van der Waals surface area (Å²) < 4.78 is 5.46. The molecule has 8 heteroatoms. The number of H-pyrrole nitrogens is 1. The van der Waals surface area contributed by atoms with E-state index in [1.807, 2.05) is 18.2 Å². The average Bonchev–Trinajstić information content (AvgIpc) is 3.63. The number of aromatic amines is 1. The Bertz CT molecular complexity index is 1200. The van der Waals surface area contributed by atoms with Crippen LogP contribution in [0.25, 0.3) is 10.9 Å². The molecule has 3 fully saturated rings. The third-order valence-corrected chi connectivity index (χ3v) is 8.75. The Morgan fingerprint density at radius 3 is 2.70 bits per heavy atom. The summed E-state index contributed by atoms with van der Waals surface area (Å²) in [6.07, 6.45) is 6.82. The van der Waals surface area contributed by atoms with E-state index in [1.165, 1.54) is 0 Å². The topological polar surface area (TPSA) is 109 Å². The Morgan fingerprint density at radius 2 is 1.97 bits per heavy atom. The van der Waals surface area contributed by atoms with E-state index in [0.717, 1.165) is 49.4 Å². The summed E-state index contributed by atoms with van der Waals surface area (Å²) in [5.41, 5.74) is 1.23. The molecular formula is C29H37N3O5. The minimum Gasteiger partial charge on any atom is -0.496 e. The smallest absolute Gasteiger partial charge is 0.271 e. The van der Waals surface area contributed by atoms with Crippen molar-refractivity contribution < 1.29 is 23.9 Å². The molecule has 0 unspecified atom stereocenters. The lowest BCUT2D eigenvalue weighted by Gasteiger charge is -2.31. The number of likely N-dealkylation sites (tertiary alicyclic amines) is 1. The fraction of sp³-hybridized carbons (Fsp3) is 0.586. The summed E-state index contributed by atoms with van der Waals surface area (Å²) in [7, 11) is 1.60. The summed E-state index contributed by atoms with van der Waals surface area (Å²) in [5, 5.41) is 3.83. The second-order valence-corrected chi connectivity index (χ2v) is 10.9. The summed E-state index contributed by atoms with van der Waals surface area (Å²) >= 11 is 0. The molecule has 2 heterocycles. The van der Waals surface area contributed by atoms with E-state index < -0.39 is 12.1 Å². The van der Waals surface area contributed by atoms with Crippen LogP contribution in [0.15, 0.2) is 24.3 Å². The molecule has 5 rings (SSSR count). The van der Waals surface area contributed by atoms with Crippen molar-refractivity contribution in [2.24, 2.45) is 17.8 Å². The van der Waals surface area contributed by atoms with Gasteiger partial charge in [-0.2, -0.15) is 0 Å². The first-order chi connectivity index (χ1) is 17.9. The minimum absolute atomic E-state index is 0.0631. The van der Waals surface area contributed by atoms with Crippen molar-refractivity contribution in [1.82, 2.24) is 15.2 Å². The largest absolute Gasteiger partial charge is 0.496 e. The molecule has 5 atom stereocenters. The SMILES string of the molecule is CCC(=O)[C@H](C[C@@H]1CCCC1=O)NC(=O)[C@@H]1[C@H]2CCCC[C@H]2CN1C(=O)c1cc2c(OC)cccc2[nH]1. The number of hydrogen-bond acceptors (Lipinski definition) is 5. The van der Waals surface area contributed by atoms with E-state index in [0.29, 0.717) is 37.3 Å². The zero-order valence-electron chi connectivity index (χ0n) is 21.8. The predicted molar refractivity (Wildman–Crippen MR) is 139 cm³/mol. The number of carbonyl (C=O) groups is 4. The second kappa shape index (κ2) is 10.7. The highest BCUT2D eigenvalue weighted by molar-refractivity contribution is 6.02. The Morgan fingerprint density at radius 1 is 1.16 bits per heavy atom. The van der Waals surface area contributed by atoms with Crippen molar-refractivity contribution in [1.29, 1.82) is 0 Å². The quantitative estimate of drug-likeness (QED) is 0.561. The molecule has 2 aliphatic carbocycles. The third-order valence-electron chi connectivity index (χ3n) is 8.75. The highest BCUT2D eigenvalue weighted by atomic mass is 16.5. The van der Waals surface area contributed by atoms with Crippen molar-refractivity contribution >= 4 is 34.3 Å². The van der Waals surface area contributed by atoms with Crippen LogP contribution in [0.2, 0.25) is 0 Å². The normalized spacial score (nSPS) is 26.2. The number of carbonyl (C=O) groups excluding carboxylic acids is 4. The summed E-state index contributed by atoms with van der Waals surface area (Å²) in [6.45, 7) is 2.31. The molecule has 37 heavy (non-hydrogen) atoms. The minimum atomic E-state index is -0.693. The molecular weight excluding hydrogens is 470 g/mol. The number of methoxy groups -OCH3 is 1. The number of ether oxygens (including phenoxy) is 1. The molecule has 1 aromatic carbocycles. The van der Waals surface area contributed by atoms with Crippen molar-refractivity contribution in [3.05, 3.63) is 30.0 Å². The van der Waals surface area contributed by atoms with Gasteiger partial charge in [-0.3, -0.25) is 19.2 Å². The lowest BCUT2D eigenvalue weighted by atomic mass is 9.78. The standard InChI is InChI=1S/C29H37N3O5/c1-3-24(33)22(14-17-9-6-12-25(17)34)31-28(35)27-19-10-5-4-8-18(19)16-32(27)29(36)23-15-20-21(30-23)11-7-13-26(20)37-2/h7,11,13,15,17-19,22,27,30H,3-6,8-10,12,14,16H2,1-2H3,(H,31,35)/t17-,18-,19-,22-,27-/m0/s1. The number of hydrogen-bond donors (Lipinski definition) is 2. The maximum atomic E-state index is 13.8. The van der Waals surface area contributed by atoms with Gasteiger partial charge < -0.3 is 19.9 Å². The van der Waals surface area contributed by atoms with Gasteiger partial charge in [0.25, 0.3) is 5.91 Å². The van der Waals surface area contributed by atoms with Gasteiger partial charge in [0.15, 0.2) is 5.78 Å². The summed E-state index contributed by atoms with van der Waals surface area (Å²) in [4.78, 5) is 57.7. The first-order valence-corrected chi connectivity index (χ1v) is 13.7. The van der Waals surface area contributed by atoms with Crippen molar-refractivity contribution in [3.63, 3.8) is 0 Å². The van der Waals surface area contributed by atoms with Gasteiger partial charge in [-0.1, -0.05) is 25.8 Å². The number of Topliss-reactive ketones (excluding diaryl/α,β-unsaturated/α-hetero) is 2. The van der Waals surface area contributed by atoms with Crippen LogP contribution in [0.3, 0.4) is 0 Å². The molecule has 1 aromatic heterocycles. The lowest BCUT2D eigenvalue weighted by molar-refractivity contribution is -0.132. The van der Waals surface area contributed by atoms with Gasteiger partial charge in [0.05, 0.1) is 13.2 Å². The van der Waals surface area contributed by atoms with Gasteiger partial charge in [-0.15, -0.1) is 0 Å². The zero-order valence-corrected chi connectivity index (χ0v) is 21.8. The Balaban J connectivity index is 1.41. The van der Waals surface area contributed by atoms with E-state index in [2.05, 4.69) is 10.3 Å². The molecule has 198 valence electrons. The van der Waals surface area contributed by atoms with Crippen LogP contribution in [0.4, 0.5) is 0 Å². The van der Waals surface area contributed by atoms with Crippen molar-refractivity contribution in [2.75, 3.05) is 13.7 Å². The molecule has 0 bridgehead atoms. The lowest BCUT2D eigenvalue weighted by Crippen LogP contribution is -2.53. The van der Waals surface area contributed by atoms with Crippen LogP contribution >= 0.6 is 0 Å². The molecule has 3 aliphatic rings. The van der Waals surface area contributed by atoms with E-state index >= 15 is 0 Å². The van der Waals surface area contributed by atoms with Crippen LogP contribution < -0.4 is 10.1 Å². The molecule has 2 N–H and O–H groups in total. The van der Waals surface area contributed by atoms with Crippen LogP contribution in [0.5, 0.6) is 5.75 Å². The van der Waals surface area contributed by atoms with Gasteiger partial charge in [0.2, 0.25) is 5.91 Å². The summed E-state index contributed by atoms with van der Waals surface area (Å²) in [5.74, 6) is 0.483. The maximum absolute atomic E-state index is 13.8. The zero-order chi connectivity index (χ0) is 26.1. The van der Waals surface area contributed by atoms with Gasteiger partial charge in [0, 0.05) is 36.2 Å². The molecule has 0 spiro atoms. The second-order valence-electron chi connectivity index (χ2n) is 10.9. The summed E-state index contributed by atoms with van der Waals surface area (Å²) in [6, 6.07) is 6.09. The highest BCUT2D eigenvalue weighted by Crippen LogP contribution is 2.41. The first-order valence-electron chi connectivity index (χ1n) is 13.7. The molecule has 2 saturated carbocycles. The maximum Gasteiger partial charge on any atom is 0.271 e. The van der Waals surface area contributed by atoms with Gasteiger partial charge in [-0.25, -0.2) is 0 Å². The molecule has 1 aliphatic heterocycles. The third kappa shape index (κ3) is 4.90. The Labute approximate surface area is 217 Å². The molecule has 0 radical (unpaired) electrons. The highest BCUT2D eigenvalue weighted by Gasteiger charge is 2.49. The fourth-order valence-electron chi connectivity index (χ4n) is 6.79. The Hall–Kier alpha value is -3.16. The molecule has 2 aromatic rings. The molecule has 1 saturated heterocycles. The van der Waals surface area contributed by atoms with Gasteiger partial charge >= 0.3 is 0 Å². The number of rotatable bonds is 8. The van der Waals surface area contributed by atoms with Crippen LogP contribution in [-0.2, 0) is 14.4 Å². The van der Waals surface area contributed by atoms with E-state index in [4.69, 9.17) is 4.74 Å². The number of nitrogens with zero attached hydrogens (tertiary/aromatic N) is 1. The first kappa shape index (κ1) is 25.5. The number of benzene rings is 1. The average molecular weight is 508 g/mol. The fourth-order valence-corrected chi connectivity index (χ4v) is 6.79. The van der Waals surface area contributed by atoms with Gasteiger partial charge in [-0.05, 0) is 62.1 Å². The van der Waals surface area contributed by atoms with Crippen molar-refractivity contribution in [2.45, 2.75) is 76.8 Å². The number of amides is 2. The van der Waals surface area contributed by atoms with Gasteiger partial charge in [0.1, 0.15) is 23.3 Å². The van der Waals surface area contributed by atoms with E-state index in [9.17, 15) is 19.2 Å². The predicted octanol–water partition coefficient (Wildman–Crippen LogP) is 4.03. The number of ketones is 2. The van der Waals surface area contributed by atoms with Crippen LogP contribution in [0.1, 0.15) is 75.2 Å². The number of fused-ring (bicyclic) bond motifs is 2.